The van der Waals surface area contributed by atoms with Crippen LogP contribution < -0.4 is 4.74 Å². The molecule has 3 heterocycles. The number of aromatic nitrogens is 4. The third kappa shape index (κ3) is 6.89. The number of hydrogen-bond donors (Lipinski definition) is 0. The summed E-state index contributed by atoms with van der Waals surface area (Å²) in [5.41, 5.74) is 10.7. The van der Waals surface area contributed by atoms with Gasteiger partial charge in [-0.1, -0.05) is 112 Å². The molecular formula is C47H52N4O. The monoisotopic (exact) mass is 688 g/mol. The molecule has 266 valence electrons. The van der Waals surface area contributed by atoms with Gasteiger partial charge in [0, 0.05) is 34.7 Å². The molecule has 7 aromatic rings. The van der Waals surface area contributed by atoms with E-state index in [4.69, 9.17) is 14.8 Å². The summed E-state index contributed by atoms with van der Waals surface area (Å²) in [6.45, 7) is 22.6. The van der Waals surface area contributed by atoms with Gasteiger partial charge >= 0.3 is 0 Å². The average molecular weight is 689 g/mol. The molecule has 7 rings (SSSR count). The standard InChI is InChI=1S/C47H52N4O/c1-30(2)44-43(33-15-12-11-13-16-33)45(31(3)4)51(49-44)35-17-14-18-36(27-35)52-37-20-21-38-39-25-32(29-46(5,6)7)19-22-40(39)50(41(38)28-37)42-26-34(23-24-48-42)47(8,9)10/h11-28,30-31H,29H2,1-10H3. The molecule has 5 nitrogen and oxygen atoms in total. The van der Waals surface area contributed by atoms with Gasteiger partial charge in [-0.25, -0.2) is 9.67 Å². The zero-order valence-corrected chi connectivity index (χ0v) is 32.5. The third-order valence-corrected chi connectivity index (χ3v) is 9.78. The Hall–Kier alpha value is -5.16. The minimum Gasteiger partial charge on any atom is -0.457 e. The first kappa shape index (κ1) is 35.3. The summed E-state index contributed by atoms with van der Waals surface area (Å²) in [5, 5.41) is 7.65. The molecule has 0 spiro atoms. The number of benzene rings is 4. The van der Waals surface area contributed by atoms with E-state index < -0.39 is 0 Å². The van der Waals surface area contributed by atoms with Crippen LogP contribution in [0.2, 0.25) is 0 Å². The minimum absolute atomic E-state index is 0.00256. The second kappa shape index (κ2) is 13.4. The molecule has 0 atom stereocenters. The summed E-state index contributed by atoms with van der Waals surface area (Å²) < 4.78 is 11.1. The smallest absolute Gasteiger partial charge is 0.137 e. The van der Waals surface area contributed by atoms with Gasteiger partial charge in [-0.05, 0) is 94.3 Å². The number of hydrogen-bond acceptors (Lipinski definition) is 3. The molecule has 0 saturated heterocycles. The first-order valence-electron chi connectivity index (χ1n) is 18.7. The van der Waals surface area contributed by atoms with Crippen LogP contribution in [0, 0.1) is 5.41 Å². The van der Waals surface area contributed by atoms with Gasteiger partial charge in [0.2, 0.25) is 0 Å². The predicted octanol–water partition coefficient (Wildman–Crippen LogP) is 13.0. The van der Waals surface area contributed by atoms with Gasteiger partial charge in [0.1, 0.15) is 17.3 Å². The van der Waals surface area contributed by atoms with Gasteiger partial charge in [0.15, 0.2) is 0 Å². The summed E-state index contributed by atoms with van der Waals surface area (Å²) in [6, 6.07) is 36.7. The van der Waals surface area contributed by atoms with Gasteiger partial charge in [0.25, 0.3) is 0 Å². The maximum Gasteiger partial charge on any atom is 0.137 e. The molecule has 0 unspecified atom stereocenters. The molecule has 0 saturated carbocycles. The average Bonchev–Trinajstić information content (AvgIpc) is 3.65. The normalized spacial score (nSPS) is 12.5. The Kier molecular flexibility index (Phi) is 9.10. The van der Waals surface area contributed by atoms with E-state index in [1.807, 2.05) is 12.3 Å². The molecule has 4 aromatic carbocycles. The number of rotatable bonds is 8. The van der Waals surface area contributed by atoms with Crippen molar-refractivity contribution in [3.8, 4) is 34.1 Å². The Labute approximate surface area is 309 Å². The Balaban J connectivity index is 1.34. The molecule has 5 heteroatoms. The Morgan fingerprint density at radius 1 is 0.673 bits per heavy atom. The fourth-order valence-electron chi connectivity index (χ4n) is 7.39. The van der Waals surface area contributed by atoms with E-state index in [2.05, 4.69) is 176 Å². The van der Waals surface area contributed by atoms with Crippen molar-refractivity contribution in [2.45, 2.75) is 92.9 Å². The van der Waals surface area contributed by atoms with Gasteiger partial charge in [-0.3, -0.25) is 4.57 Å². The van der Waals surface area contributed by atoms with Crippen LogP contribution in [0.25, 0.3) is 44.4 Å². The molecule has 0 bridgehead atoms. The molecule has 52 heavy (non-hydrogen) atoms. The van der Waals surface area contributed by atoms with Gasteiger partial charge in [0.05, 0.1) is 28.1 Å². The van der Waals surface area contributed by atoms with E-state index in [0.717, 1.165) is 46.2 Å². The highest BCUT2D eigenvalue weighted by Crippen LogP contribution is 2.40. The van der Waals surface area contributed by atoms with E-state index in [0.29, 0.717) is 0 Å². The summed E-state index contributed by atoms with van der Waals surface area (Å²) in [6.07, 6.45) is 2.94. The summed E-state index contributed by atoms with van der Waals surface area (Å²) >= 11 is 0. The van der Waals surface area contributed by atoms with Crippen LogP contribution in [0.15, 0.2) is 109 Å². The lowest BCUT2D eigenvalue weighted by Gasteiger charge is -2.20. The van der Waals surface area contributed by atoms with Crippen LogP contribution in [-0.4, -0.2) is 19.3 Å². The van der Waals surface area contributed by atoms with E-state index in [9.17, 15) is 0 Å². The maximum atomic E-state index is 6.70. The van der Waals surface area contributed by atoms with Crippen molar-refractivity contribution in [2.75, 3.05) is 0 Å². The van der Waals surface area contributed by atoms with Crippen molar-refractivity contribution in [1.29, 1.82) is 0 Å². The van der Waals surface area contributed by atoms with Crippen molar-refractivity contribution in [1.82, 2.24) is 19.3 Å². The van der Waals surface area contributed by atoms with Gasteiger partial charge in [-0.2, -0.15) is 5.10 Å². The summed E-state index contributed by atoms with van der Waals surface area (Å²) in [5.74, 6) is 2.98. The highest BCUT2D eigenvalue weighted by atomic mass is 16.5. The lowest BCUT2D eigenvalue weighted by molar-refractivity contribution is 0.411. The second-order valence-electron chi connectivity index (χ2n) is 17.1. The van der Waals surface area contributed by atoms with Crippen LogP contribution >= 0.6 is 0 Å². The predicted molar refractivity (Wildman–Crippen MR) is 218 cm³/mol. The molecule has 0 N–H and O–H groups in total. The number of fused-ring (bicyclic) bond motifs is 3. The summed E-state index contributed by atoms with van der Waals surface area (Å²) in [7, 11) is 0. The quantitative estimate of drug-likeness (QED) is 0.160. The topological polar surface area (TPSA) is 44.9 Å². The fraction of sp³-hybridized carbons (Fsp3) is 0.319. The van der Waals surface area contributed by atoms with Gasteiger partial charge < -0.3 is 4.74 Å². The van der Waals surface area contributed by atoms with Crippen LogP contribution in [0.5, 0.6) is 11.5 Å². The van der Waals surface area contributed by atoms with Gasteiger partial charge in [-0.15, -0.1) is 0 Å². The first-order chi connectivity index (χ1) is 24.7. The fourth-order valence-corrected chi connectivity index (χ4v) is 7.39. The molecule has 0 aliphatic carbocycles. The Morgan fingerprint density at radius 2 is 1.42 bits per heavy atom. The van der Waals surface area contributed by atoms with Crippen molar-refractivity contribution >= 4 is 21.8 Å². The van der Waals surface area contributed by atoms with E-state index in [-0.39, 0.29) is 22.7 Å². The molecule has 0 radical (unpaired) electrons. The Bertz CT molecular complexity index is 2380. The molecule has 0 amide bonds. The zero-order chi connectivity index (χ0) is 36.9. The molecule has 0 fully saturated rings. The highest BCUT2D eigenvalue weighted by Gasteiger charge is 2.25. The van der Waals surface area contributed by atoms with E-state index >= 15 is 0 Å². The van der Waals surface area contributed by atoms with Crippen LogP contribution in [-0.2, 0) is 11.8 Å². The van der Waals surface area contributed by atoms with Crippen molar-refractivity contribution in [3.63, 3.8) is 0 Å². The molecular weight excluding hydrogens is 637 g/mol. The van der Waals surface area contributed by atoms with Crippen molar-refractivity contribution in [3.05, 3.63) is 132 Å². The van der Waals surface area contributed by atoms with Crippen molar-refractivity contribution < 1.29 is 4.74 Å². The maximum absolute atomic E-state index is 6.70. The highest BCUT2D eigenvalue weighted by molar-refractivity contribution is 6.09. The molecule has 0 aliphatic heterocycles. The SMILES string of the molecule is CC(C)c1nn(-c2cccc(Oc3ccc4c5cc(CC(C)(C)C)ccc5n(-c5cc(C(C)(C)C)ccn5)c4c3)c2)c(C(C)C)c1-c1ccccc1. The first-order valence-corrected chi connectivity index (χ1v) is 18.7. The lowest BCUT2D eigenvalue weighted by Crippen LogP contribution is -2.12. The molecule has 0 aliphatic rings. The van der Waals surface area contributed by atoms with E-state index in [1.54, 1.807) is 0 Å². The van der Waals surface area contributed by atoms with Crippen LogP contribution in [0.3, 0.4) is 0 Å². The minimum atomic E-state index is -0.00256. The Morgan fingerprint density at radius 3 is 2.12 bits per heavy atom. The number of pyridine rings is 1. The second-order valence-corrected chi connectivity index (χ2v) is 17.1. The largest absolute Gasteiger partial charge is 0.457 e. The van der Waals surface area contributed by atoms with Crippen LogP contribution in [0.1, 0.15) is 104 Å². The number of ether oxygens (including phenoxy) is 1. The van der Waals surface area contributed by atoms with E-state index in [1.165, 1.54) is 38.7 Å². The lowest BCUT2D eigenvalue weighted by atomic mass is 9.87. The molecule has 3 aromatic heterocycles. The van der Waals surface area contributed by atoms with Crippen molar-refractivity contribution in [2.24, 2.45) is 5.41 Å². The summed E-state index contributed by atoms with van der Waals surface area (Å²) in [4.78, 5) is 4.91. The zero-order valence-electron chi connectivity index (χ0n) is 32.5. The number of nitrogens with zero attached hydrogens (tertiary/aromatic N) is 4. The van der Waals surface area contributed by atoms with Crippen LogP contribution in [0.4, 0.5) is 0 Å². The third-order valence-electron chi connectivity index (χ3n) is 9.78.